The molecule has 0 bridgehead atoms. The van der Waals surface area contributed by atoms with Crippen molar-refractivity contribution in [2.75, 3.05) is 13.1 Å². The van der Waals surface area contributed by atoms with Crippen LogP contribution in [-0.4, -0.2) is 35.0 Å². The number of carbonyl (C=O) groups excluding carboxylic acids is 1. The van der Waals surface area contributed by atoms with Gasteiger partial charge in [-0.1, -0.05) is 6.07 Å². The Labute approximate surface area is 126 Å². The maximum Gasteiger partial charge on any atom is 0.239 e. The van der Waals surface area contributed by atoms with Gasteiger partial charge in [-0.3, -0.25) is 10.1 Å². The van der Waals surface area contributed by atoms with Crippen LogP contribution in [0.1, 0.15) is 49.8 Å². The number of benzene rings is 1. The van der Waals surface area contributed by atoms with Gasteiger partial charge in [-0.05, 0) is 62.3 Å². The molecule has 0 saturated carbocycles. The van der Waals surface area contributed by atoms with Gasteiger partial charge in [-0.25, -0.2) is 0 Å². The highest BCUT2D eigenvalue weighted by molar-refractivity contribution is 5.81. The first-order valence-corrected chi connectivity index (χ1v) is 8.02. The standard InChI is InChI=1S/C17H24N2O2/c1-12(17(21)19-9-3-2-4-10-19)18-16-8-5-13-11-14(20)6-7-15(13)16/h6-7,11-12,16,18,20H,2-5,8-10H2,1H3. The van der Waals surface area contributed by atoms with Gasteiger partial charge >= 0.3 is 0 Å². The minimum Gasteiger partial charge on any atom is -0.508 e. The quantitative estimate of drug-likeness (QED) is 0.898. The molecule has 1 fully saturated rings. The number of piperidine rings is 1. The van der Waals surface area contributed by atoms with Gasteiger partial charge in [0.1, 0.15) is 5.75 Å². The van der Waals surface area contributed by atoms with Gasteiger partial charge in [-0.2, -0.15) is 0 Å². The number of likely N-dealkylation sites (tertiary alicyclic amines) is 1. The number of amides is 1. The van der Waals surface area contributed by atoms with E-state index in [0.29, 0.717) is 5.75 Å². The fourth-order valence-corrected chi connectivity index (χ4v) is 3.54. The van der Waals surface area contributed by atoms with Crippen LogP contribution >= 0.6 is 0 Å². The number of aryl methyl sites for hydroxylation is 1. The van der Waals surface area contributed by atoms with E-state index in [9.17, 15) is 9.90 Å². The van der Waals surface area contributed by atoms with Crippen molar-refractivity contribution in [2.24, 2.45) is 0 Å². The second-order valence-corrected chi connectivity index (χ2v) is 6.25. The summed E-state index contributed by atoms with van der Waals surface area (Å²) in [5.74, 6) is 0.550. The Kier molecular flexibility index (Phi) is 4.15. The lowest BCUT2D eigenvalue weighted by Crippen LogP contribution is -2.47. The Bertz CT molecular complexity index is 524. The highest BCUT2D eigenvalue weighted by Crippen LogP contribution is 2.33. The maximum absolute atomic E-state index is 12.5. The molecule has 1 aliphatic carbocycles. The lowest BCUT2D eigenvalue weighted by atomic mass is 10.1. The summed E-state index contributed by atoms with van der Waals surface area (Å²) >= 11 is 0. The molecular weight excluding hydrogens is 264 g/mol. The third-order valence-electron chi connectivity index (χ3n) is 4.69. The summed E-state index contributed by atoms with van der Waals surface area (Å²) in [6.45, 7) is 3.77. The topological polar surface area (TPSA) is 52.6 Å². The number of hydrogen-bond acceptors (Lipinski definition) is 3. The Morgan fingerprint density at radius 3 is 2.86 bits per heavy atom. The lowest BCUT2D eigenvalue weighted by Gasteiger charge is -2.30. The highest BCUT2D eigenvalue weighted by atomic mass is 16.3. The first-order chi connectivity index (χ1) is 10.1. The summed E-state index contributed by atoms with van der Waals surface area (Å²) in [7, 11) is 0. The van der Waals surface area contributed by atoms with E-state index in [4.69, 9.17) is 0 Å². The van der Waals surface area contributed by atoms with Gasteiger partial charge in [-0.15, -0.1) is 0 Å². The van der Waals surface area contributed by atoms with Crippen molar-refractivity contribution in [1.82, 2.24) is 10.2 Å². The van der Waals surface area contributed by atoms with Crippen LogP contribution in [0.15, 0.2) is 18.2 Å². The summed E-state index contributed by atoms with van der Waals surface area (Å²) in [5.41, 5.74) is 2.43. The van der Waals surface area contributed by atoms with Crippen LogP contribution in [0.5, 0.6) is 5.75 Å². The van der Waals surface area contributed by atoms with Crippen molar-refractivity contribution in [3.05, 3.63) is 29.3 Å². The Morgan fingerprint density at radius 1 is 1.33 bits per heavy atom. The van der Waals surface area contributed by atoms with Crippen LogP contribution in [0, 0.1) is 0 Å². The van der Waals surface area contributed by atoms with Gasteiger partial charge < -0.3 is 10.0 Å². The summed E-state index contributed by atoms with van der Waals surface area (Å²) < 4.78 is 0. The number of nitrogens with zero attached hydrogens (tertiary/aromatic N) is 1. The van der Waals surface area contributed by atoms with E-state index in [-0.39, 0.29) is 18.0 Å². The van der Waals surface area contributed by atoms with E-state index in [1.807, 2.05) is 24.0 Å². The van der Waals surface area contributed by atoms with Crippen LogP contribution in [0.3, 0.4) is 0 Å². The van der Waals surface area contributed by atoms with Gasteiger partial charge in [0.25, 0.3) is 0 Å². The molecule has 0 radical (unpaired) electrons. The van der Waals surface area contributed by atoms with Gasteiger partial charge in [0.05, 0.1) is 6.04 Å². The Morgan fingerprint density at radius 2 is 2.10 bits per heavy atom. The van der Waals surface area contributed by atoms with E-state index in [0.717, 1.165) is 38.8 Å². The molecule has 1 aromatic rings. The van der Waals surface area contributed by atoms with Gasteiger partial charge in [0.15, 0.2) is 0 Å². The number of aromatic hydroxyl groups is 1. The van der Waals surface area contributed by atoms with Crippen LogP contribution in [0.2, 0.25) is 0 Å². The normalized spacial score (nSPS) is 22.9. The summed E-state index contributed by atoms with van der Waals surface area (Å²) in [6.07, 6.45) is 5.46. The third kappa shape index (κ3) is 3.05. The van der Waals surface area contributed by atoms with Crippen LogP contribution in [0.4, 0.5) is 0 Å². The molecule has 3 rings (SSSR count). The molecule has 114 valence electrons. The van der Waals surface area contributed by atoms with Gasteiger partial charge in [0.2, 0.25) is 5.91 Å². The Balaban J connectivity index is 1.63. The minimum atomic E-state index is -0.146. The third-order valence-corrected chi connectivity index (χ3v) is 4.69. The van der Waals surface area contributed by atoms with Crippen molar-refractivity contribution >= 4 is 5.91 Å². The molecule has 2 unspecified atom stereocenters. The van der Waals surface area contributed by atoms with Crippen molar-refractivity contribution in [3.63, 3.8) is 0 Å². The Hall–Kier alpha value is -1.55. The van der Waals surface area contributed by atoms with E-state index in [2.05, 4.69) is 5.32 Å². The zero-order chi connectivity index (χ0) is 14.8. The van der Waals surface area contributed by atoms with Crippen molar-refractivity contribution in [1.29, 1.82) is 0 Å². The molecule has 2 N–H and O–H groups in total. The number of fused-ring (bicyclic) bond motifs is 1. The first-order valence-electron chi connectivity index (χ1n) is 8.02. The summed E-state index contributed by atoms with van der Waals surface area (Å²) in [6, 6.07) is 5.63. The molecule has 4 heteroatoms. The van der Waals surface area contributed by atoms with E-state index < -0.39 is 0 Å². The highest BCUT2D eigenvalue weighted by Gasteiger charge is 2.28. The zero-order valence-corrected chi connectivity index (χ0v) is 12.6. The van der Waals surface area contributed by atoms with Crippen LogP contribution < -0.4 is 5.32 Å². The SMILES string of the molecule is CC(NC1CCc2cc(O)ccc21)C(=O)N1CCCCC1. The number of carbonyl (C=O) groups is 1. The zero-order valence-electron chi connectivity index (χ0n) is 12.6. The average molecular weight is 288 g/mol. The van der Waals surface area contributed by atoms with Crippen LogP contribution in [0.25, 0.3) is 0 Å². The molecule has 1 amide bonds. The summed E-state index contributed by atoms with van der Waals surface area (Å²) in [5, 5.41) is 13.0. The number of rotatable bonds is 3. The van der Waals surface area contributed by atoms with E-state index in [1.54, 1.807) is 6.07 Å². The minimum absolute atomic E-state index is 0.146. The molecule has 1 saturated heterocycles. The molecule has 1 aliphatic heterocycles. The summed E-state index contributed by atoms with van der Waals surface area (Å²) in [4.78, 5) is 14.5. The number of phenols is 1. The molecule has 2 aliphatic rings. The second kappa shape index (κ2) is 6.06. The number of phenolic OH excluding ortho intramolecular Hbond substituents is 1. The largest absolute Gasteiger partial charge is 0.508 e. The monoisotopic (exact) mass is 288 g/mol. The molecule has 0 spiro atoms. The number of nitrogens with one attached hydrogen (secondary N) is 1. The molecule has 21 heavy (non-hydrogen) atoms. The van der Waals surface area contributed by atoms with Crippen LogP contribution in [-0.2, 0) is 11.2 Å². The maximum atomic E-state index is 12.5. The van der Waals surface area contributed by atoms with Gasteiger partial charge in [0, 0.05) is 19.1 Å². The lowest BCUT2D eigenvalue weighted by molar-refractivity contribution is -0.134. The van der Waals surface area contributed by atoms with Crippen molar-refractivity contribution < 1.29 is 9.90 Å². The predicted molar refractivity (Wildman–Crippen MR) is 82.2 cm³/mol. The first kappa shape index (κ1) is 14.4. The molecule has 4 nitrogen and oxygen atoms in total. The fraction of sp³-hybridized carbons (Fsp3) is 0.588. The molecule has 1 aromatic carbocycles. The molecular formula is C17H24N2O2. The predicted octanol–water partition coefficient (Wildman–Crippen LogP) is 2.37. The number of hydrogen-bond donors (Lipinski definition) is 2. The smallest absolute Gasteiger partial charge is 0.239 e. The molecule has 0 aromatic heterocycles. The van der Waals surface area contributed by atoms with E-state index >= 15 is 0 Å². The average Bonchev–Trinajstić information content (AvgIpc) is 2.89. The van der Waals surface area contributed by atoms with Crippen molar-refractivity contribution in [2.45, 2.75) is 51.1 Å². The van der Waals surface area contributed by atoms with E-state index in [1.165, 1.54) is 17.5 Å². The molecule has 1 heterocycles. The second-order valence-electron chi connectivity index (χ2n) is 6.25. The van der Waals surface area contributed by atoms with Crippen molar-refractivity contribution in [3.8, 4) is 5.75 Å². The molecule has 2 atom stereocenters. The fourth-order valence-electron chi connectivity index (χ4n) is 3.54.